The molecular weight excluding hydrogens is 480 g/mol. The van der Waals surface area contributed by atoms with Crippen LogP contribution in [0.2, 0.25) is 0 Å². The normalized spacial score (nSPS) is 32.4. The Hall–Kier alpha value is -1.56. The van der Waals surface area contributed by atoms with Gasteiger partial charge in [-0.3, -0.25) is 0 Å². The lowest BCUT2D eigenvalue weighted by Crippen LogP contribution is -2.31. The number of ether oxygens (including phenoxy) is 1. The number of aliphatic hydroxyl groups is 1. The smallest absolute Gasteiger partial charge is 0.419 e. The highest BCUT2D eigenvalue weighted by Gasteiger charge is 2.38. The number of halogens is 4. The maximum Gasteiger partial charge on any atom is 0.419 e. The fraction of sp³-hybridized carbons (Fsp3) is 0.742. The van der Waals surface area contributed by atoms with Gasteiger partial charge < -0.3 is 9.84 Å². The maximum absolute atomic E-state index is 14.5. The SMILES string of the molecule is CCOc1ccc(/C=C/C2CCC(C3CCC(C4CCC(C(C)O)CC4)CC3)CC2)c(C(F)(F)F)c1F. The number of benzene rings is 1. The molecule has 1 N–H and O–H groups in total. The third kappa shape index (κ3) is 7.10. The van der Waals surface area contributed by atoms with Gasteiger partial charge in [0.1, 0.15) is 5.56 Å². The Labute approximate surface area is 219 Å². The molecular formula is C31H44F4O2. The van der Waals surface area contributed by atoms with Gasteiger partial charge in [0.15, 0.2) is 11.6 Å². The van der Waals surface area contributed by atoms with Gasteiger partial charge in [0.05, 0.1) is 12.7 Å². The highest BCUT2D eigenvalue weighted by molar-refractivity contribution is 5.57. The second-order valence-electron chi connectivity index (χ2n) is 11.9. The average molecular weight is 525 g/mol. The summed E-state index contributed by atoms with van der Waals surface area (Å²) in [5.74, 6) is 2.25. The van der Waals surface area contributed by atoms with Crippen LogP contribution in [0.1, 0.15) is 102 Å². The lowest BCUT2D eigenvalue weighted by Gasteiger charge is -2.41. The van der Waals surface area contributed by atoms with Crippen molar-refractivity contribution in [2.45, 2.75) is 103 Å². The van der Waals surface area contributed by atoms with Crippen molar-refractivity contribution in [2.75, 3.05) is 6.61 Å². The fourth-order valence-electron chi connectivity index (χ4n) is 7.50. The van der Waals surface area contributed by atoms with Crippen molar-refractivity contribution in [1.82, 2.24) is 0 Å². The molecule has 2 nitrogen and oxygen atoms in total. The number of hydrogen-bond donors (Lipinski definition) is 1. The third-order valence-corrected chi connectivity index (χ3v) is 9.74. The quantitative estimate of drug-likeness (QED) is 0.361. The lowest BCUT2D eigenvalue weighted by molar-refractivity contribution is -0.140. The molecule has 0 bridgehead atoms. The second kappa shape index (κ2) is 12.5. The van der Waals surface area contributed by atoms with E-state index in [9.17, 15) is 22.7 Å². The van der Waals surface area contributed by atoms with Gasteiger partial charge in [0.2, 0.25) is 0 Å². The Balaban J connectivity index is 1.26. The Bertz CT molecular complexity index is 885. The first kappa shape index (κ1) is 28.4. The minimum absolute atomic E-state index is 0.110. The molecule has 3 fully saturated rings. The number of aliphatic hydroxyl groups excluding tert-OH is 1. The Morgan fingerprint density at radius 3 is 1.81 bits per heavy atom. The van der Waals surface area contributed by atoms with Crippen LogP contribution in [0.5, 0.6) is 5.75 Å². The summed E-state index contributed by atoms with van der Waals surface area (Å²) in [5, 5.41) is 9.88. The molecule has 3 aliphatic carbocycles. The largest absolute Gasteiger partial charge is 0.491 e. The Kier molecular flexibility index (Phi) is 9.63. The van der Waals surface area contributed by atoms with Crippen molar-refractivity contribution >= 4 is 6.08 Å². The summed E-state index contributed by atoms with van der Waals surface area (Å²) in [4.78, 5) is 0. The summed E-state index contributed by atoms with van der Waals surface area (Å²) in [7, 11) is 0. The van der Waals surface area contributed by atoms with Gasteiger partial charge >= 0.3 is 6.18 Å². The van der Waals surface area contributed by atoms with Gasteiger partial charge in [0.25, 0.3) is 0 Å². The molecule has 0 aromatic heterocycles. The van der Waals surface area contributed by atoms with Gasteiger partial charge in [-0.1, -0.05) is 18.2 Å². The van der Waals surface area contributed by atoms with E-state index >= 15 is 0 Å². The molecule has 0 saturated heterocycles. The Morgan fingerprint density at radius 1 is 0.865 bits per heavy atom. The van der Waals surface area contributed by atoms with Crippen LogP contribution in [0.25, 0.3) is 6.08 Å². The zero-order valence-corrected chi connectivity index (χ0v) is 22.4. The fourth-order valence-corrected chi connectivity index (χ4v) is 7.50. The van der Waals surface area contributed by atoms with Gasteiger partial charge in [0, 0.05) is 0 Å². The summed E-state index contributed by atoms with van der Waals surface area (Å²) >= 11 is 0. The van der Waals surface area contributed by atoms with Crippen LogP contribution in [-0.4, -0.2) is 17.8 Å². The topological polar surface area (TPSA) is 29.5 Å². The Morgan fingerprint density at radius 2 is 1.35 bits per heavy atom. The first-order valence-electron chi connectivity index (χ1n) is 14.6. The van der Waals surface area contributed by atoms with Gasteiger partial charge in [-0.25, -0.2) is 4.39 Å². The van der Waals surface area contributed by atoms with E-state index < -0.39 is 17.6 Å². The number of allylic oxidation sites excluding steroid dienone is 1. The highest BCUT2D eigenvalue weighted by atomic mass is 19.4. The zero-order valence-electron chi connectivity index (χ0n) is 22.4. The minimum Gasteiger partial charge on any atom is -0.491 e. The van der Waals surface area contributed by atoms with Crippen molar-refractivity contribution in [2.24, 2.45) is 35.5 Å². The average Bonchev–Trinajstić information content (AvgIpc) is 2.88. The van der Waals surface area contributed by atoms with E-state index in [0.717, 1.165) is 49.4 Å². The molecule has 1 atom stereocenters. The molecule has 0 heterocycles. The van der Waals surface area contributed by atoms with Crippen LogP contribution in [-0.2, 0) is 6.18 Å². The van der Waals surface area contributed by atoms with Crippen LogP contribution in [0.15, 0.2) is 18.2 Å². The summed E-state index contributed by atoms with van der Waals surface area (Å²) in [6.07, 6.45) is 12.8. The first-order chi connectivity index (χ1) is 17.7. The van der Waals surface area contributed by atoms with E-state index in [-0.39, 0.29) is 29.9 Å². The van der Waals surface area contributed by atoms with E-state index in [4.69, 9.17) is 4.74 Å². The van der Waals surface area contributed by atoms with Crippen LogP contribution in [0.4, 0.5) is 17.6 Å². The van der Waals surface area contributed by atoms with Crippen molar-refractivity contribution in [3.05, 3.63) is 35.2 Å². The molecule has 1 aromatic carbocycles. The van der Waals surface area contributed by atoms with Gasteiger partial charge in [-0.2, -0.15) is 13.2 Å². The van der Waals surface area contributed by atoms with Crippen LogP contribution in [0, 0.1) is 41.3 Å². The molecule has 3 aliphatic rings. The third-order valence-electron chi connectivity index (χ3n) is 9.74. The molecule has 37 heavy (non-hydrogen) atoms. The zero-order chi connectivity index (χ0) is 26.6. The van der Waals surface area contributed by atoms with E-state index in [1.54, 1.807) is 6.92 Å². The van der Waals surface area contributed by atoms with E-state index in [1.165, 1.54) is 69.6 Å². The molecule has 0 radical (unpaired) electrons. The number of hydrogen-bond acceptors (Lipinski definition) is 2. The molecule has 208 valence electrons. The lowest BCUT2D eigenvalue weighted by atomic mass is 9.65. The molecule has 4 rings (SSSR count). The van der Waals surface area contributed by atoms with Crippen molar-refractivity contribution < 1.29 is 27.4 Å². The maximum atomic E-state index is 14.5. The van der Waals surface area contributed by atoms with Crippen molar-refractivity contribution in [1.29, 1.82) is 0 Å². The minimum atomic E-state index is -4.77. The molecule has 1 aromatic rings. The molecule has 0 amide bonds. The number of rotatable bonds is 7. The molecule has 6 heteroatoms. The number of alkyl halides is 3. The predicted molar refractivity (Wildman–Crippen MR) is 140 cm³/mol. The predicted octanol–water partition coefficient (Wildman–Crippen LogP) is 9.06. The van der Waals surface area contributed by atoms with Gasteiger partial charge in [-0.05, 0) is 138 Å². The molecule has 1 unspecified atom stereocenters. The van der Waals surface area contributed by atoms with Crippen LogP contribution < -0.4 is 4.74 Å². The van der Waals surface area contributed by atoms with Crippen molar-refractivity contribution in [3.8, 4) is 5.75 Å². The monoisotopic (exact) mass is 524 g/mol. The summed E-state index contributed by atoms with van der Waals surface area (Å²) in [6.45, 7) is 3.66. The highest BCUT2D eigenvalue weighted by Crippen LogP contribution is 2.46. The molecule has 0 spiro atoms. The summed E-state index contributed by atoms with van der Waals surface area (Å²) in [5.41, 5.74) is -1.36. The van der Waals surface area contributed by atoms with Gasteiger partial charge in [-0.15, -0.1) is 0 Å². The van der Waals surface area contributed by atoms with Crippen LogP contribution in [0.3, 0.4) is 0 Å². The first-order valence-corrected chi connectivity index (χ1v) is 14.6. The van der Waals surface area contributed by atoms with E-state index in [1.807, 2.05) is 13.0 Å². The summed E-state index contributed by atoms with van der Waals surface area (Å²) in [6, 6.07) is 2.61. The standard InChI is InChI=1S/C31H44F4O2/c1-3-37-28-19-18-27(29(30(28)32)31(33,34)35)9-6-21-4-7-23(8-5-21)25-14-16-26(17-15-25)24-12-10-22(11-13-24)20(2)36/h6,9,18-26,36H,3-5,7-8,10-17H2,1-2H3/b9-6+. The molecule has 3 saturated carbocycles. The summed E-state index contributed by atoms with van der Waals surface area (Å²) < 4.78 is 60.4. The second-order valence-corrected chi connectivity index (χ2v) is 11.9. The van der Waals surface area contributed by atoms with E-state index in [0.29, 0.717) is 5.92 Å². The molecule has 0 aliphatic heterocycles. The van der Waals surface area contributed by atoms with Crippen molar-refractivity contribution in [3.63, 3.8) is 0 Å². The van der Waals surface area contributed by atoms with E-state index in [2.05, 4.69) is 0 Å². The van der Waals surface area contributed by atoms with Crippen LogP contribution >= 0.6 is 0 Å².